The fraction of sp³-hybridized carbons (Fsp3) is 0.650. The molecule has 3 aliphatic rings. The average molecular weight is 328 g/mol. The highest BCUT2D eigenvalue weighted by Gasteiger charge is 2.40. The molecule has 1 amide bonds. The van der Waals surface area contributed by atoms with E-state index in [4.69, 9.17) is 4.74 Å². The van der Waals surface area contributed by atoms with E-state index in [2.05, 4.69) is 29.2 Å². The van der Waals surface area contributed by atoms with E-state index in [0.717, 1.165) is 19.5 Å². The number of carbonyl (C=O) groups is 1. The lowest BCUT2D eigenvalue weighted by Gasteiger charge is -2.49. The molecule has 0 spiro atoms. The molecule has 1 aromatic carbocycles. The normalized spacial score (nSPS) is 27.8. The fourth-order valence-corrected chi connectivity index (χ4v) is 5.11. The van der Waals surface area contributed by atoms with Gasteiger partial charge in [-0.25, -0.2) is 0 Å². The number of benzene rings is 1. The van der Waals surface area contributed by atoms with Gasteiger partial charge in [-0.15, -0.1) is 0 Å². The molecule has 1 aromatic rings. The Labute approximate surface area is 144 Å². The topological polar surface area (TPSA) is 32.8 Å². The number of amides is 1. The SMILES string of the molecule is COCC(=O)N1CC[C@H]2[C@H](CCCN2C2Cc3ccccc3C2)C1. The second-order valence-corrected chi connectivity index (χ2v) is 7.60. The van der Waals surface area contributed by atoms with Crippen LogP contribution in [0.2, 0.25) is 0 Å². The van der Waals surface area contributed by atoms with Crippen molar-refractivity contribution in [2.75, 3.05) is 33.4 Å². The molecule has 130 valence electrons. The maximum atomic E-state index is 12.1. The molecule has 0 saturated carbocycles. The van der Waals surface area contributed by atoms with Gasteiger partial charge >= 0.3 is 0 Å². The minimum atomic E-state index is 0.154. The van der Waals surface area contributed by atoms with Gasteiger partial charge in [-0.3, -0.25) is 9.69 Å². The van der Waals surface area contributed by atoms with Crippen LogP contribution in [0.15, 0.2) is 24.3 Å². The van der Waals surface area contributed by atoms with Crippen LogP contribution in [0.5, 0.6) is 0 Å². The van der Waals surface area contributed by atoms with Gasteiger partial charge in [-0.1, -0.05) is 24.3 Å². The van der Waals surface area contributed by atoms with Gasteiger partial charge in [0.15, 0.2) is 0 Å². The molecule has 0 N–H and O–H groups in total. The number of likely N-dealkylation sites (tertiary alicyclic amines) is 2. The third kappa shape index (κ3) is 2.98. The van der Waals surface area contributed by atoms with Crippen LogP contribution in [0.4, 0.5) is 0 Å². The summed E-state index contributed by atoms with van der Waals surface area (Å²) < 4.78 is 5.03. The van der Waals surface area contributed by atoms with Crippen LogP contribution in [0.25, 0.3) is 0 Å². The zero-order valence-electron chi connectivity index (χ0n) is 14.6. The Bertz CT molecular complexity index is 578. The summed E-state index contributed by atoms with van der Waals surface area (Å²) in [6.45, 7) is 3.26. The highest BCUT2D eigenvalue weighted by atomic mass is 16.5. The van der Waals surface area contributed by atoms with Crippen LogP contribution in [0.1, 0.15) is 30.4 Å². The van der Waals surface area contributed by atoms with Crippen LogP contribution in [0, 0.1) is 5.92 Å². The predicted molar refractivity (Wildman–Crippen MR) is 93.9 cm³/mol. The summed E-state index contributed by atoms with van der Waals surface area (Å²) in [5.41, 5.74) is 3.08. The number of ether oxygens (including phenoxy) is 1. The van der Waals surface area contributed by atoms with E-state index >= 15 is 0 Å². The van der Waals surface area contributed by atoms with Gasteiger partial charge in [-0.05, 0) is 55.7 Å². The monoisotopic (exact) mass is 328 g/mol. The molecule has 0 bridgehead atoms. The van der Waals surface area contributed by atoms with Crippen LogP contribution in [-0.2, 0) is 22.4 Å². The molecule has 2 fully saturated rings. The molecular weight excluding hydrogens is 300 g/mol. The number of nitrogens with zero attached hydrogens (tertiary/aromatic N) is 2. The van der Waals surface area contributed by atoms with Crippen molar-refractivity contribution in [3.63, 3.8) is 0 Å². The predicted octanol–water partition coefficient (Wildman–Crippen LogP) is 2.11. The molecule has 4 rings (SSSR count). The summed E-state index contributed by atoms with van der Waals surface area (Å²) in [4.78, 5) is 17.0. The molecule has 0 unspecified atom stereocenters. The number of rotatable bonds is 3. The van der Waals surface area contributed by atoms with E-state index in [1.807, 2.05) is 4.90 Å². The van der Waals surface area contributed by atoms with Gasteiger partial charge in [0.2, 0.25) is 5.91 Å². The van der Waals surface area contributed by atoms with Crippen LogP contribution < -0.4 is 0 Å². The van der Waals surface area contributed by atoms with Crippen molar-refractivity contribution in [2.24, 2.45) is 5.92 Å². The molecule has 2 saturated heterocycles. The maximum Gasteiger partial charge on any atom is 0.248 e. The van der Waals surface area contributed by atoms with Crippen molar-refractivity contribution in [2.45, 2.75) is 44.2 Å². The zero-order chi connectivity index (χ0) is 16.5. The minimum absolute atomic E-state index is 0.154. The van der Waals surface area contributed by atoms with Crippen molar-refractivity contribution in [1.29, 1.82) is 0 Å². The Hall–Kier alpha value is -1.39. The molecule has 2 aliphatic heterocycles. The first-order valence-electron chi connectivity index (χ1n) is 9.35. The van der Waals surface area contributed by atoms with Crippen molar-refractivity contribution in [3.8, 4) is 0 Å². The molecule has 24 heavy (non-hydrogen) atoms. The number of fused-ring (bicyclic) bond motifs is 2. The third-order valence-corrected chi connectivity index (χ3v) is 6.23. The standard InChI is InChI=1S/C20H28N2O2/c1-24-14-20(23)21-10-8-19-17(13-21)7-4-9-22(19)18-11-15-5-2-3-6-16(15)12-18/h2-3,5-6,17-19H,4,7-14H2,1H3/t17-,19+/m1/s1. The van der Waals surface area contributed by atoms with E-state index in [-0.39, 0.29) is 12.5 Å². The maximum absolute atomic E-state index is 12.1. The van der Waals surface area contributed by atoms with E-state index in [0.29, 0.717) is 18.0 Å². The first-order valence-corrected chi connectivity index (χ1v) is 9.35. The van der Waals surface area contributed by atoms with Crippen LogP contribution in [-0.4, -0.2) is 61.1 Å². The molecule has 0 aromatic heterocycles. The highest BCUT2D eigenvalue weighted by Crippen LogP contribution is 2.35. The van der Waals surface area contributed by atoms with Crippen molar-refractivity contribution in [3.05, 3.63) is 35.4 Å². The second-order valence-electron chi connectivity index (χ2n) is 7.60. The quantitative estimate of drug-likeness (QED) is 0.852. The molecule has 4 nitrogen and oxygen atoms in total. The zero-order valence-corrected chi connectivity index (χ0v) is 14.6. The number of hydrogen-bond donors (Lipinski definition) is 0. The van der Waals surface area contributed by atoms with E-state index in [9.17, 15) is 4.79 Å². The van der Waals surface area contributed by atoms with Gasteiger partial charge in [0, 0.05) is 32.3 Å². The number of hydrogen-bond acceptors (Lipinski definition) is 3. The summed E-state index contributed by atoms with van der Waals surface area (Å²) in [5.74, 6) is 0.790. The fourth-order valence-electron chi connectivity index (χ4n) is 5.11. The highest BCUT2D eigenvalue weighted by molar-refractivity contribution is 5.77. The lowest BCUT2D eigenvalue weighted by atomic mass is 9.82. The minimum Gasteiger partial charge on any atom is -0.375 e. The largest absolute Gasteiger partial charge is 0.375 e. The molecule has 1 aliphatic carbocycles. The van der Waals surface area contributed by atoms with Gasteiger partial charge in [-0.2, -0.15) is 0 Å². The number of piperidine rings is 2. The number of carbonyl (C=O) groups excluding carboxylic acids is 1. The van der Waals surface area contributed by atoms with Gasteiger partial charge in [0.25, 0.3) is 0 Å². The van der Waals surface area contributed by atoms with Crippen molar-refractivity contribution >= 4 is 5.91 Å². The first kappa shape index (κ1) is 16.1. The summed E-state index contributed by atoms with van der Waals surface area (Å²) >= 11 is 0. The average Bonchev–Trinajstić information content (AvgIpc) is 3.05. The Morgan fingerprint density at radius 3 is 2.62 bits per heavy atom. The number of methoxy groups -OCH3 is 1. The molecular formula is C20H28N2O2. The lowest BCUT2D eigenvalue weighted by molar-refractivity contribution is -0.139. The lowest BCUT2D eigenvalue weighted by Crippen LogP contribution is -2.58. The van der Waals surface area contributed by atoms with E-state index in [1.54, 1.807) is 7.11 Å². The Balaban J connectivity index is 1.43. The molecule has 2 atom stereocenters. The Morgan fingerprint density at radius 2 is 1.92 bits per heavy atom. The Morgan fingerprint density at radius 1 is 1.17 bits per heavy atom. The summed E-state index contributed by atoms with van der Waals surface area (Å²) in [7, 11) is 1.60. The van der Waals surface area contributed by atoms with Gasteiger partial charge < -0.3 is 9.64 Å². The molecule has 0 radical (unpaired) electrons. The van der Waals surface area contributed by atoms with Crippen LogP contribution in [0.3, 0.4) is 0 Å². The van der Waals surface area contributed by atoms with Crippen molar-refractivity contribution in [1.82, 2.24) is 9.80 Å². The summed E-state index contributed by atoms with van der Waals surface area (Å²) in [5, 5.41) is 0. The van der Waals surface area contributed by atoms with Crippen LogP contribution >= 0.6 is 0 Å². The van der Waals surface area contributed by atoms with Crippen molar-refractivity contribution < 1.29 is 9.53 Å². The smallest absolute Gasteiger partial charge is 0.248 e. The van der Waals surface area contributed by atoms with E-state index < -0.39 is 0 Å². The Kier molecular flexibility index (Phi) is 4.59. The van der Waals surface area contributed by atoms with Gasteiger partial charge in [0.05, 0.1) is 0 Å². The van der Waals surface area contributed by atoms with E-state index in [1.165, 1.54) is 43.4 Å². The van der Waals surface area contributed by atoms with Gasteiger partial charge in [0.1, 0.15) is 6.61 Å². The molecule has 2 heterocycles. The second kappa shape index (κ2) is 6.85. The molecule has 4 heteroatoms. The summed E-state index contributed by atoms with van der Waals surface area (Å²) in [6, 6.07) is 10.2. The third-order valence-electron chi connectivity index (χ3n) is 6.23. The first-order chi connectivity index (χ1) is 11.8. The summed E-state index contributed by atoms with van der Waals surface area (Å²) in [6.07, 6.45) is 6.04.